The molecule has 1 saturated heterocycles. The van der Waals surface area contributed by atoms with Gasteiger partial charge in [0.1, 0.15) is 28.9 Å². The second kappa shape index (κ2) is 8.46. The van der Waals surface area contributed by atoms with Crippen LogP contribution in [0.2, 0.25) is 5.02 Å². The number of carbonyl (C=O) groups is 2. The number of thiazole rings is 1. The van der Waals surface area contributed by atoms with Gasteiger partial charge in [0.2, 0.25) is 0 Å². The SMILES string of the molecule is COc1cc(/C(O)=C2\C(=O)C(=O)N(c3nc4c(F)cc(F)cc4s3)C2c2cccs2)ccc1Cl. The van der Waals surface area contributed by atoms with Gasteiger partial charge < -0.3 is 9.84 Å². The lowest BCUT2D eigenvalue weighted by atomic mass is 10.00. The first-order chi connectivity index (χ1) is 16.3. The van der Waals surface area contributed by atoms with Crippen molar-refractivity contribution in [3.63, 3.8) is 0 Å². The highest BCUT2D eigenvalue weighted by molar-refractivity contribution is 7.22. The molecule has 1 aliphatic heterocycles. The van der Waals surface area contributed by atoms with Crippen molar-refractivity contribution in [3.05, 3.63) is 80.5 Å². The summed E-state index contributed by atoms with van der Waals surface area (Å²) in [5.41, 5.74) is -0.0587. The monoisotopic (exact) mass is 518 g/mol. The van der Waals surface area contributed by atoms with Crippen molar-refractivity contribution in [2.75, 3.05) is 12.0 Å². The summed E-state index contributed by atoms with van der Waals surface area (Å²) >= 11 is 8.21. The number of thiophene rings is 1. The van der Waals surface area contributed by atoms with Crippen LogP contribution in [0.4, 0.5) is 13.9 Å². The third kappa shape index (κ3) is 3.54. The number of nitrogens with zero attached hydrogens (tertiary/aromatic N) is 2. The Morgan fingerprint density at radius 1 is 1.21 bits per heavy atom. The Morgan fingerprint density at radius 2 is 2.00 bits per heavy atom. The maximum atomic E-state index is 14.3. The number of methoxy groups -OCH3 is 1. The number of fused-ring (bicyclic) bond motifs is 1. The van der Waals surface area contributed by atoms with Gasteiger partial charge in [0.25, 0.3) is 5.78 Å². The molecule has 2 aromatic carbocycles. The maximum Gasteiger partial charge on any atom is 0.301 e. The molecule has 2 aromatic heterocycles. The lowest BCUT2D eigenvalue weighted by Gasteiger charge is -2.21. The van der Waals surface area contributed by atoms with Crippen molar-refractivity contribution in [2.24, 2.45) is 0 Å². The molecule has 3 heterocycles. The van der Waals surface area contributed by atoms with Gasteiger partial charge in [-0.1, -0.05) is 29.0 Å². The van der Waals surface area contributed by atoms with Crippen LogP contribution in [0.1, 0.15) is 16.5 Å². The summed E-state index contributed by atoms with van der Waals surface area (Å²) in [5.74, 6) is -3.69. The minimum Gasteiger partial charge on any atom is -0.507 e. The largest absolute Gasteiger partial charge is 0.507 e. The number of aliphatic hydroxyl groups is 1. The van der Waals surface area contributed by atoms with Crippen molar-refractivity contribution in [1.29, 1.82) is 0 Å². The minimum absolute atomic E-state index is 0.00716. The van der Waals surface area contributed by atoms with Crippen LogP contribution in [-0.2, 0) is 9.59 Å². The fourth-order valence-electron chi connectivity index (χ4n) is 3.76. The van der Waals surface area contributed by atoms with Gasteiger partial charge >= 0.3 is 5.91 Å². The molecule has 0 bridgehead atoms. The number of Topliss-reactive ketones (excluding diaryl/α,β-unsaturated/α-hetero) is 1. The Hall–Kier alpha value is -3.34. The van der Waals surface area contributed by atoms with E-state index < -0.39 is 35.1 Å². The van der Waals surface area contributed by atoms with Crippen molar-refractivity contribution < 1.29 is 28.2 Å². The molecule has 172 valence electrons. The Morgan fingerprint density at radius 3 is 2.71 bits per heavy atom. The summed E-state index contributed by atoms with van der Waals surface area (Å²) < 4.78 is 33.4. The number of anilines is 1. The number of hydrogen-bond acceptors (Lipinski definition) is 7. The highest BCUT2D eigenvalue weighted by atomic mass is 35.5. The van der Waals surface area contributed by atoms with E-state index in [0.717, 1.165) is 22.3 Å². The molecule has 11 heteroatoms. The number of hydrogen-bond donors (Lipinski definition) is 1. The summed E-state index contributed by atoms with van der Waals surface area (Å²) in [6, 6.07) is 8.67. The molecule has 4 aromatic rings. The zero-order valence-electron chi connectivity index (χ0n) is 17.2. The normalized spacial score (nSPS) is 17.6. The molecule has 1 unspecified atom stereocenters. The lowest BCUT2D eigenvalue weighted by Crippen LogP contribution is -2.28. The van der Waals surface area contributed by atoms with E-state index in [4.69, 9.17) is 16.3 Å². The molecule has 1 aliphatic rings. The van der Waals surface area contributed by atoms with Gasteiger partial charge in [0.05, 0.1) is 22.4 Å². The fourth-order valence-corrected chi connectivity index (χ4v) is 5.81. The summed E-state index contributed by atoms with van der Waals surface area (Å²) in [7, 11) is 1.41. The highest BCUT2D eigenvalue weighted by Gasteiger charge is 2.48. The molecule has 34 heavy (non-hydrogen) atoms. The van der Waals surface area contributed by atoms with Gasteiger partial charge in [0.15, 0.2) is 10.9 Å². The highest BCUT2D eigenvalue weighted by Crippen LogP contribution is 2.46. The topological polar surface area (TPSA) is 79.7 Å². The van der Waals surface area contributed by atoms with Gasteiger partial charge in [-0.05, 0) is 35.7 Å². The molecule has 0 radical (unpaired) electrons. The third-order valence-corrected chi connectivity index (χ3v) is 7.53. The number of aromatic nitrogens is 1. The molecular weight excluding hydrogens is 506 g/mol. The molecule has 1 fully saturated rings. The van der Waals surface area contributed by atoms with E-state index >= 15 is 0 Å². The van der Waals surface area contributed by atoms with E-state index in [-0.39, 0.29) is 32.2 Å². The fraction of sp³-hybridized carbons (Fsp3) is 0.0870. The van der Waals surface area contributed by atoms with Gasteiger partial charge in [-0.3, -0.25) is 14.5 Å². The minimum atomic E-state index is -1.02. The van der Waals surface area contributed by atoms with Crippen molar-refractivity contribution >= 4 is 67.1 Å². The predicted octanol–water partition coefficient (Wildman–Crippen LogP) is 5.92. The first-order valence-corrected chi connectivity index (χ1v) is 11.8. The van der Waals surface area contributed by atoms with Crippen molar-refractivity contribution in [3.8, 4) is 5.75 Å². The van der Waals surface area contributed by atoms with Gasteiger partial charge in [-0.15, -0.1) is 11.3 Å². The van der Waals surface area contributed by atoms with E-state index in [2.05, 4.69) is 4.98 Å². The van der Waals surface area contributed by atoms with Crippen LogP contribution < -0.4 is 9.64 Å². The average Bonchev–Trinajstić information content (AvgIpc) is 3.53. The molecule has 0 spiro atoms. The van der Waals surface area contributed by atoms with Crippen LogP contribution >= 0.6 is 34.3 Å². The molecule has 1 amide bonds. The Kier molecular flexibility index (Phi) is 5.59. The van der Waals surface area contributed by atoms with Crippen LogP contribution in [0, 0.1) is 11.6 Å². The van der Waals surface area contributed by atoms with Crippen LogP contribution in [0.25, 0.3) is 16.0 Å². The molecule has 5 rings (SSSR count). The zero-order chi connectivity index (χ0) is 24.1. The second-order valence-corrected chi connectivity index (χ2v) is 9.66. The van der Waals surface area contributed by atoms with Crippen LogP contribution in [0.5, 0.6) is 5.75 Å². The third-order valence-electron chi connectivity index (χ3n) is 5.29. The van der Waals surface area contributed by atoms with Gasteiger partial charge in [-0.25, -0.2) is 13.8 Å². The number of halogens is 3. The predicted molar refractivity (Wildman–Crippen MR) is 127 cm³/mol. The number of aliphatic hydroxyl groups excluding tert-OH is 1. The number of amides is 1. The van der Waals surface area contributed by atoms with E-state index in [1.165, 1.54) is 36.6 Å². The molecular formula is C23H13ClF2N2O4S2. The Bertz CT molecular complexity index is 1500. The molecule has 1 atom stereocenters. The maximum absolute atomic E-state index is 14.3. The first-order valence-electron chi connectivity index (χ1n) is 9.74. The molecule has 0 aliphatic carbocycles. The van der Waals surface area contributed by atoms with E-state index in [9.17, 15) is 23.5 Å². The number of rotatable bonds is 4. The standard InChI is InChI=1S/C23H13ClF2N2O4S2/c1-32-14-7-10(4-5-12(14)24)20(29)17-19(15-3-2-6-33-15)28(22(31)21(17)30)23-27-18-13(26)8-11(25)9-16(18)34-23/h2-9,19,29H,1H3/b20-17+. The zero-order valence-corrected chi connectivity index (χ0v) is 19.6. The number of ether oxygens (including phenoxy) is 1. The van der Waals surface area contributed by atoms with Crippen LogP contribution in [0.3, 0.4) is 0 Å². The average molecular weight is 519 g/mol. The molecule has 1 N–H and O–H groups in total. The van der Waals surface area contributed by atoms with Gasteiger partial charge in [0, 0.05) is 16.5 Å². The Labute approximate surface area is 204 Å². The van der Waals surface area contributed by atoms with Crippen molar-refractivity contribution in [1.82, 2.24) is 4.98 Å². The number of carbonyl (C=O) groups excluding carboxylic acids is 2. The summed E-state index contributed by atoms with van der Waals surface area (Å²) in [6.45, 7) is 0. The van der Waals surface area contributed by atoms with Crippen LogP contribution in [-0.4, -0.2) is 28.9 Å². The van der Waals surface area contributed by atoms with E-state index in [1.807, 2.05) is 0 Å². The molecule has 6 nitrogen and oxygen atoms in total. The van der Waals surface area contributed by atoms with Gasteiger partial charge in [-0.2, -0.15) is 0 Å². The van der Waals surface area contributed by atoms with E-state index in [0.29, 0.717) is 16.0 Å². The quantitative estimate of drug-likeness (QED) is 0.206. The van der Waals surface area contributed by atoms with E-state index in [1.54, 1.807) is 17.5 Å². The summed E-state index contributed by atoms with van der Waals surface area (Å²) in [5, 5.41) is 13.2. The van der Waals surface area contributed by atoms with Crippen molar-refractivity contribution in [2.45, 2.75) is 6.04 Å². The first kappa shape index (κ1) is 22.5. The Balaban J connectivity index is 1.72. The summed E-state index contributed by atoms with van der Waals surface area (Å²) in [6.07, 6.45) is 0. The van der Waals surface area contributed by atoms with Crippen LogP contribution in [0.15, 0.2) is 53.4 Å². The second-order valence-electron chi connectivity index (χ2n) is 7.26. The lowest BCUT2D eigenvalue weighted by molar-refractivity contribution is -0.132. The number of ketones is 1. The summed E-state index contributed by atoms with van der Waals surface area (Å²) in [4.78, 5) is 32.2. The smallest absolute Gasteiger partial charge is 0.301 e. The molecule has 0 saturated carbocycles. The number of benzene rings is 2.